The highest BCUT2D eigenvalue weighted by Gasteiger charge is 2.38. The Bertz CT molecular complexity index is 262. The summed E-state index contributed by atoms with van der Waals surface area (Å²) in [7, 11) is 0. The molecule has 0 aliphatic carbocycles. The van der Waals surface area contributed by atoms with Gasteiger partial charge in [0.1, 0.15) is 0 Å². The summed E-state index contributed by atoms with van der Waals surface area (Å²) in [5, 5.41) is 8.91. The lowest BCUT2D eigenvalue weighted by Gasteiger charge is -2.31. The van der Waals surface area contributed by atoms with Gasteiger partial charge >= 0.3 is 5.97 Å². The molecule has 1 atom stereocenters. The summed E-state index contributed by atoms with van der Waals surface area (Å²) in [5.41, 5.74) is -2.08. The van der Waals surface area contributed by atoms with Crippen molar-refractivity contribution in [2.75, 3.05) is 6.54 Å². The molecule has 0 aliphatic heterocycles. The van der Waals surface area contributed by atoms with Crippen LogP contribution in [0, 0.1) is 0 Å². The molecule has 0 spiro atoms. The van der Waals surface area contributed by atoms with Gasteiger partial charge in [-0.15, -0.1) is 0 Å². The van der Waals surface area contributed by atoms with Gasteiger partial charge in [0.15, 0.2) is 5.60 Å². The van der Waals surface area contributed by atoms with E-state index in [2.05, 4.69) is 4.99 Å². The Hall–Kier alpha value is -1.19. The molecule has 1 unspecified atom stereocenters. The second-order valence-corrected chi connectivity index (χ2v) is 4.16. The molecule has 80 valence electrons. The van der Waals surface area contributed by atoms with Crippen LogP contribution >= 0.6 is 0 Å². The van der Waals surface area contributed by atoms with Crippen molar-refractivity contribution in [2.45, 2.75) is 38.9 Å². The first-order valence-corrected chi connectivity index (χ1v) is 4.18. The molecule has 0 fully saturated rings. The normalized spacial score (nSPS) is 15.4. The van der Waals surface area contributed by atoms with Gasteiger partial charge in [0, 0.05) is 0 Å². The Morgan fingerprint density at radius 1 is 1.43 bits per heavy atom. The van der Waals surface area contributed by atoms with Crippen LogP contribution < -0.4 is 0 Å². The summed E-state index contributed by atoms with van der Waals surface area (Å²) in [6.07, 6.45) is 1.30. The largest absolute Gasteiger partial charge is 0.479 e. The van der Waals surface area contributed by atoms with E-state index < -0.39 is 17.2 Å². The molecule has 0 saturated heterocycles. The lowest BCUT2D eigenvalue weighted by Crippen LogP contribution is -2.46. The highest BCUT2D eigenvalue weighted by Crippen LogP contribution is 2.20. The maximum Gasteiger partial charge on any atom is 0.337 e. The van der Waals surface area contributed by atoms with E-state index in [9.17, 15) is 9.59 Å². The van der Waals surface area contributed by atoms with E-state index in [0.717, 1.165) is 0 Å². The van der Waals surface area contributed by atoms with Gasteiger partial charge in [-0.25, -0.2) is 14.6 Å². The van der Waals surface area contributed by atoms with Gasteiger partial charge in [-0.05, 0) is 27.7 Å². The second kappa shape index (κ2) is 4.35. The number of nitrogens with zero attached hydrogens (tertiary/aromatic N) is 1. The van der Waals surface area contributed by atoms with E-state index in [1.807, 2.05) is 0 Å². The van der Waals surface area contributed by atoms with Crippen LogP contribution in [0.1, 0.15) is 27.7 Å². The standard InChI is InChI=1S/C9H15NO4/c1-8(2,3)14-9(4,7(12)13)5-10-6-11/h5H2,1-4H3,(H,12,13). The van der Waals surface area contributed by atoms with Crippen LogP contribution in [0.25, 0.3) is 0 Å². The molecule has 0 saturated carbocycles. The monoisotopic (exact) mass is 201 g/mol. The Morgan fingerprint density at radius 2 is 1.93 bits per heavy atom. The predicted octanol–water partition coefficient (Wildman–Crippen LogP) is 0.981. The van der Waals surface area contributed by atoms with E-state index in [1.165, 1.54) is 13.0 Å². The highest BCUT2D eigenvalue weighted by molar-refractivity contribution is 5.77. The molecule has 0 heterocycles. The number of carbonyl (C=O) groups is 1. The third kappa shape index (κ3) is 4.16. The minimum absolute atomic E-state index is 0.233. The van der Waals surface area contributed by atoms with Crippen LogP contribution in [0.4, 0.5) is 0 Å². The molecule has 0 rings (SSSR count). The lowest BCUT2D eigenvalue weighted by atomic mass is 10.1. The van der Waals surface area contributed by atoms with Crippen molar-refractivity contribution in [1.29, 1.82) is 0 Å². The quantitative estimate of drug-likeness (QED) is 0.543. The molecule has 14 heavy (non-hydrogen) atoms. The average Bonchev–Trinajstić information content (AvgIpc) is 1.97. The molecule has 0 aromatic heterocycles. The number of isocyanates is 1. The molecule has 0 aromatic rings. The average molecular weight is 201 g/mol. The maximum absolute atomic E-state index is 10.9. The number of carboxylic acid groups (broad SMARTS) is 1. The van der Waals surface area contributed by atoms with Crippen LogP contribution in [0.15, 0.2) is 4.99 Å². The van der Waals surface area contributed by atoms with Crippen LogP contribution in [0.3, 0.4) is 0 Å². The minimum Gasteiger partial charge on any atom is -0.479 e. The third-order valence-electron chi connectivity index (χ3n) is 1.43. The predicted molar refractivity (Wildman–Crippen MR) is 49.9 cm³/mol. The first-order valence-electron chi connectivity index (χ1n) is 4.18. The minimum atomic E-state index is -1.48. The summed E-state index contributed by atoms with van der Waals surface area (Å²) >= 11 is 0. The molecule has 5 heteroatoms. The SMILES string of the molecule is CC(C)(C)OC(C)(CN=C=O)C(=O)O. The molecule has 0 radical (unpaired) electrons. The summed E-state index contributed by atoms with van der Waals surface area (Å²) in [6.45, 7) is 6.35. The van der Waals surface area contributed by atoms with E-state index in [1.54, 1.807) is 20.8 Å². The smallest absolute Gasteiger partial charge is 0.337 e. The molecule has 5 nitrogen and oxygen atoms in total. The summed E-state index contributed by atoms with van der Waals surface area (Å²) in [6, 6.07) is 0. The van der Waals surface area contributed by atoms with Gasteiger partial charge in [-0.3, -0.25) is 0 Å². The Labute approximate surface area is 82.8 Å². The number of aliphatic imine (C=N–C) groups is 1. The number of hydrogen-bond donors (Lipinski definition) is 1. The number of hydrogen-bond acceptors (Lipinski definition) is 4. The van der Waals surface area contributed by atoms with Gasteiger partial charge in [0.25, 0.3) is 0 Å². The van der Waals surface area contributed by atoms with Crippen molar-refractivity contribution >= 4 is 12.0 Å². The molecule has 0 aliphatic rings. The van der Waals surface area contributed by atoms with Crippen LogP contribution in [0.5, 0.6) is 0 Å². The van der Waals surface area contributed by atoms with Gasteiger partial charge in [0.05, 0.1) is 12.1 Å². The molecular weight excluding hydrogens is 186 g/mol. The molecule has 0 amide bonds. The summed E-state index contributed by atoms with van der Waals surface area (Å²) in [4.78, 5) is 24.0. The number of aliphatic carboxylic acids is 1. The fourth-order valence-corrected chi connectivity index (χ4v) is 1.00. The first-order chi connectivity index (χ1) is 6.21. The topological polar surface area (TPSA) is 76.0 Å². The van der Waals surface area contributed by atoms with Crippen molar-refractivity contribution in [3.05, 3.63) is 0 Å². The summed E-state index contributed by atoms with van der Waals surface area (Å²) < 4.78 is 5.32. The zero-order valence-electron chi connectivity index (χ0n) is 8.83. The number of ether oxygens (including phenoxy) is 1. The zero-order valence-corrected chi connectivity index (χ0v) is 8.83. The van der Waals surface area contributed by atoms with E-state index in [4.69, 9.17) is 9.84 Å². The number of carboxylic acids is 1. The lowest BCUT2D eigenvalue weighted by molar-refractivity contribution is -0.178. The molecular formula is C9H15NO4. The Balaban J connectivity index is 4.72. The first kappa shape index (κ1) is 12.8. The summed E-state index contributed by atoms with van der Waals surface area (Å²) in [5.74, 6) is -1.15. The fourth-order valence-electron chi connectivity index (χ4n) is 1.00. The fraction of sp³-hybridized carbons (Fsp3) is 0.778. The van der Waals surface area contributed by atoms with Crippen molar-refractivity contribution in [1.82, 2.24) is 0 Å². The van der Waals surface area contributed by atoms with E-state index >= 15 is 0 Å². The second-order valence-electron chi connectivity index (χ2n) is 4.16. The highest BCUT2D eigenvalue weighted by atomic mass is 16.5. The Kier molecular flexibility index (Phi) is 3.98. The van der Waals surface area contributed by atoms with E-state index in [0.29, 0.717) is 0 Å². The number of rotatable bonds is 4. The molecule has 0 aromatic carbocycles. The van der Waals surface area contributed by atoms with Gasteiger partial charge in [0.2, 0.25) is 6.08 Å². The maximum atomic E-state index is 10.9. The van der Waals surface area contributed by atoms with Crippen molar-refractivity contribution in [2.24, 2.45) is 4.99 Å². The Morgan fingerprint density at radius 3 is 2.21 bits per heavy atom. The molecule has 0 bridgehead atoms. The third-order valence-corrected chi connectivity index (χ3v) is 1.43. The van der Waals surface area contributed by atoms with Crippen molar-refractivity contribution in [3.8, 4) is 0 Å². The number of carbonyl (C=O) groups excluding carboxylic acids is 1. The van der Waals surface area contributed by atoms with Crippen LogP contribution in [0.2, 0.25) is 0 Å². The van der Waals surface area contributed by atoms with Gasteiger partial charge in [-0.1, -0.05) is 0 Å². The van der Waals surface area contributed by atoms with Gasteiger partial charge < -0.3 is 9.84 Å². The van der Waals surface area contributed by atoms with Crippen molar-refractivity contribution in [3.63, 3.8) is 0 Å². The zero-order chi connectivity index (χ0) is 11.4. The van der Waals surface area contributed by atoms with Crippen LogP contribution in [-0.4, -0.2) is 34.9 Å². The van der Waals surface area contributed by atoms with Crippen LogP contribution in [-0.2, 0) is 14.3 Å². The van der Waals surface area contributed by atoms with Gasteiger partial charge in [-0.2, -0.15) is 0 Å². The van der Waals surface area contributed by atoms with E-state index in [-0.39, 0.29) is 6.54 Å². The van der Waals surface area contributed by atoms with Crippen molar-refractivity contribution < 1.29 is 19.4 Å². The molecule has 1 N–H and O–H groups in total.